The number of amides is 3. The zero-order valence-corrected chi connectivity index (χ0v) is 17.7. The molecule has 1 unspecified atom stereocenters. The minimum Gasteiger partial charge on any atom is -0.339 e. The molecule has 2 aliphatic rings. The van der Waals surface area contributed by atoms with Gasteiger partial charge in [0.15, 0.2) is 0 Å². The summed E-state index contributed by atoms with van der Waals surface area (Å²) in [4.78, 5) is 41.5. The van der Waals surface area contributed by atoms with E-state index in [1.54, 1.807) is 18.2 Å². The molecule has 1 saturated heterocycles. The van der Waals surface area contributed by atoms with E-state index in [0.29, 0.717) is 35.7 Å². The van der Waals surface area contributed by atoms with E-state index >= 15 is 0 Å². The van der Waals surface area contributed by atoms with Crippen LogP contribution in [0.15, 0.2) is 48.5 Å². The van der Waals surface area contributed by atoms with Crippen LogP contribution in [0.1, 0.15) is 56.4 Å². The van der Waals surface area contributed by atoms with Gasteiger partial charge in [0, 0.05) is 24.7 Å². The lowest BCUT2D eigenvalue weighted by Gasteiger charge is -2.33. The van der Waals surface area contributed by atoms with E-state index in [1.807, 2.05) is 42.2 Å². The average Bonchev–Trinajstić information content (AvgIpc) is 2.98. The van der Waals surface area contributed by atoms with Crippen LogP contribution in [0, 0.1) is 5.92 Å². The average molecular weight is 428 g/mol. The van der Waals surface area contributed by atoms with Crippen molar-refractivity contribution in [1.29, 1.82) is 0 Å². The van der Waals surface area contributed by atoms with E-state index in [4.69, 9.17) is 5.73 Å². The van der Waals surface area contributed by atoms with Gasteiger partial charge < -0.3 is 10.6 Å². The number of carbonyl (C=O) groups is 3. The molecule has 0 aliphatic carbocycles. The van der Waals surface area contributed by atoms with Crippen molar-refractivity contribution in [2.75, 3.05) is 13.1 Å². The number of imide groups is 1. The molecular weight excluding hydrogens is 402 g/mol. The van der Waals surface area contributed by atoms with E-state index in [2.05, 4.69) is 0 Å². The summed E-state index contributed by atoms with van der Waals surface area (Å²) in [7, 11) is 0. The fourth-order valence-electron chi connectivity index (χ4n) is 4.14. The molecule has 2 N–H and O–H groups in total. The number of fused-ring (bicyclic) bond motifs is 1. The second kappa shape index (κ2) is 8.98. The maximum absolute atomic E-state index is 12.9. The molecule has 4 rings (SSSR count). The molecule has 3 amide bonds. The van der Waals surface area contributed by atoms with Crippen molar-refractivity contribution in [2.24, 2.45) is 11.7 Å². The Balaban J connectivity index is 0.00000256. The highest BCUT2D eigenvalue weighted by Crippen LogP contribution is 2.27. The number of benzene rings is 2. The maximum Gasteiger partial charge on any atom is 0.261 e. The zero-order chi connectivity index (χ0) is 20.5. The van der Waals surface area contributed by atoms with Gasteiger partial charge in [-0.25, -0.2) is 0 Å². The van der Waals surface area contributed by atoms with Crippen LogP contribution in [0.4, 0.5) is 0 Å². The Morgan fingerprint density at radius 1 is 1.03 bits per heavy atom. The summed E-state index contributed by atoms with van der Waals surface area (Å²) in [5.74, 6) is -0.327. The number of carbonyl (C=O) groups excluding carboxylic acids is 3. The summed E-state index contributed by atoms with van der Waals surface area (Å²) in [6, 6.07) is 14.3. The molecule has 0 aromatic heterocycles. The van der Waals surface area contributed by atoms with Crippen LogP contribution in [-0.4, -0.2) is 46.7 Å². The van der Waals surface area contributed by atoms with Gasteiger partial charge >= 0.3 is 0 Å². The molecule has 1 atom stereocenters. The number of rotatable bonds is 4. The van der Waals surface area contributed by atoms with Crippen molar-refractivity contribution in [3.8, 4) is 0 Å². The predicted octanol–water partition coefficient (Wildman–Crippen LogP) is 3.10. The Labute approximate surface area is 182 Å². The third kappa shape index (κ3) is 4.11. The molecule has 2 aromatic rings. The summed E-state index contributed by atoms with van der Waals surface area (Å²) in [5, 5.41) is 0. The van der Waals surface area contributed by atoms with E-state index in [0.717, 1.165) is 18.4 Å². The number of likely N-dealkylation sites (tertiary alicyclic amines) is 1. The van der Waals surface area contributed by atoms with Gasteiger partial charge in [-0.1, -0.05) is 30.3 Å². The van der Waals surface area contributed by atoms with E-state index in [-0.39, 0.29) is 42.7 Å². The second-order valence-corrected chi connectivity index (χ2v) is 7.93. The van der Waals surface area contributed by atoms with Crippen LogP contribution in [0.5, 0.6) is 0 Å². The SMILES string of the molecule is CC(N)C1CCN(C(=O)c2ccc3c(c2)C(=O)N(Cc2ccccc2)C3=O)CC1.Cl. The van der Waals surface area contributed by atoms with Crippen molar-refractivity contribution >= 4 is 30.1 Å². The minimum absolute atomic E-state index is 0. The van der Waals surface area contributed by atoms with Gasteiger partial charge in [-0.2, -0.15) is 0 Å². The molecule has 7 heteroatoms. The molecule has 0 bridgehead atoms. The minimum atomic E-state index is -0.348. The second-order valence-electron chi connectivity index (χ2n) is 7.93. The van der Waals surface area contributed by atoms with Gasteiger partial charge in [0.2, 0.25) is 0 Å². The van der Waals surface area contributed by atoms with Crippen molar-refractivity contribution in [1.82, 2.24) is 9.80 Å². The monoisotopic (exact) mass is 427 g/mol. The first kappa shape index (κ1) is 22.0. The molecule has 0 saturated carbocycles. The lowest BCUT2D eigenvalue weighted by molar-refractivity contribution is 0.0641. The van der Waals surface area contributed by atoms with Crippen LogP contribution in [0.3, 0.4) is 0 Å². The summed E-state index contributed by atoms with van der Waals surface area (Å²) >= 11 is 0. The van der Waals surface area contributed by atoms with Crippen molar-refractivity contribution in [3.63, 3.8) is 0 Å². The largest absolute Gasteiger partial charge is 0.339 e. The number of hydrogen-bond donors (Lipinski definition) is 1. The molecule has 30 heavy (non-hydrogen) atoms. The number of hydrogen-bond acceptors (Lipinski definition) is 4. The van der Waals surface area contributed by atoms with Gasteiger partial charge in [-0.05, 0) is 49.4 Å². The zero-order valence-electron chi connectivity index (χ0n) is 16.9. The topological polar surface area (TPSA) is 83.7 Å². The third-order valence-electron chi connectivity index (χ3n) is 5.97. The van der Waals surface area contributed by atoms with Gasteiger partial charge in [0.05, 0.1) is 17.7 Å². The number of nitrogens with two attached hydrogens (primary N) is 1. The Kier molecular flexibility index (Phi) is 6.58. The van der Waals surface area contributed by atoms with Crippen LogP contribution >= 0.6 is 12.4 Å². The van der Waals surface area contributed by atoms with Crippen molar-refractivity contribution in [2.45, 2.75) is 32.4 Å². The first-order chi connectivity index (χ1) is 14.0. The molecule has 0 spiro atoms. The lowest BCUT2D eigenvalue weighted by Crippen LogP contribution is -2.42. The molecule has 1 fully saturated rings. The van der Waals surface area contributed by atoms with Crippen molar-refractivity contribution < 1.29 is 14.4 Å². The summed E-state index contributed by atoms with van der Waals surface area (Å²) < 4.78 is 0. The van der Waals surface area contributed by atoms with E-state index in [1.165, 1.54) is 4.90 Å². The summed E-state index contributed by atoms with van der Waals surface area (Å²) in [6.45, 7) is 3.55. The van der Waals surface area contributed by atoms with Gasteiger partial charge in [-0.15, -0.1) is 12.4 Å². The smallest absolute Gasteiger partial charge is 0.261 e. The van der Waals surface area contributed by atoms with Crippen molar-refractivity contribution in [3.05, 3.63) is 70.8 Å². The molecule has 2 heterocycles. The molecular formula is C23H26ClN3O3. The standard InChI is InChI=1S/C23H25N3O3.ClH/c1-15(24)17-9-11-25(12-10-17)21(27)18-7-8-19-20(13-18)23(29)26(22(19)28)14-16-5-3-2-4-6-16;/h2-8,13,15,17H,9-12,14,24H2,1H3;1H. The van der Waals surface area contributed by atoms with Crippen LogP contribution < -0.4 is 5.73 Å². The van der Waals surface area contributed by atoms with Gasteiger partial charge in [0.25, 0.3) is 17.7 Å². The number of nitrogens with zero attached hydrogens (tertiary/aromatic N) is 2. The van der Waals surface area contributed by atoms with E-state index in [9.17, 15) is 14.4 Å². The van der Waals surface area contributed by atoms with Gasteiger partial charge in [0.1, 0.15) is 0 Å². The maximum atomic E-state index is 12.9. The normalized spacial score (nSPS) is 17.5. The highest BCUT2D eigenvalue weighted by Gasteiger charge is 2.36. The summed E-state index contributed by atoms with van der Waals surface area (Å²) in [5.41, 5.74) is 7.98. The predicted molar refractivity (Wildman–Crippen MR) is 117 cm³/mol. The molecule has 2 aromatic carbocycles. The molecule has 2 aliphatic heterocycles. The third-order valence-corrected chi connectivity index (χ3v) is 5.97. The fourth-order valence-corrected chi connectivity index (χ4v) is 4.14. The van der Waals surface area contributed by atoms with Crippen LogP contribution in [0.25, 0.3) is 0 Å². The first-order valence-electron chi connectivity index (χ1n) is 10.0. The quantitative estimate of drug-likeness (QED) is 0.760. The Hall–Kier alpha value is -2.70. The Bertz CT molecular complexity index is 953. The summed E-state index contributed by atoms with van der Waals surface area (Å²) in [6.07, 6.45) is 1.77. The fraction of sp³-hybridized carbons (Fsp3) is 0.348. The first-order valence-corrected chi connectivity index (χ1v) is 10.0. The Morgan fingerprint density at radius 2 is 1.67 bits per heavy atom. The highest BCUT2D eigenvalue weighted by molar-refractivity contribution is 6.22. The van der Waals surface area contributed by atoms with Crippen LogP contribution in [0.2, 0.25) is 0 Å². The van der Waals surface area contributed by atoms with Crippen LogP contribution in [-0.2, 0) is 6.54 Å². The highest BCUT2D eigenvalue weighted by atomic mass is 35.5. The Morgan fingerprint density at radius 3 is 2.30 bits per heavy atom. The molecule has 6 nitrogen and oxygen atoms in total. The molecule has 0 radical (unpaired) electrons. The molecule has 158 valence electrons. The van der Waals surface area contributed by atoms with E-state index < -0.39 is 0 Å². The van der Waals surface area contributed by atoms with Gasteiger partial charge in [-0.3, -0.25) is 19.3 Å². The number of halogens is 1. The number of piperidine rings is 1. The lowest BCUT2D eigenvalue weighted by atomic mass is 9.90.